The molecule has 0 unspecified atom stereocenters. The normalized spacial score (nSPS) is 10.9. The Balaban J connectivity index is 2.20. The summed E-state index contributed by atoms with van der Waals surface area (Å²) < 4.78 is 1.78. The van der Waals surface area contributed by atoms with Crippen molar-refractivity contribution >= 4 is 34.8 Å². The van der Waals surface area contributed by atoms with Gasteiger partial charge in [0.25, 0.3) is 0 Å². The molecule has 4 nitrogen and oxygen atoms in total. The van der Waals surface area contributed by atoms with E-state index in [2.05, 4.69) is 4.98 Å². The molecule has 0 fully saturated rings. The van der Waals surface area contributed by atoms with E-state index in [-0.39, 0.29) is 5.56 Å². The lowest BCUT2D eigenvalue weighted by atomic mass is 10.1. The Hall–Kier alpha value is -2.04. The lowest BCUT2D eigenvalue weighted by Crippen LogP contribution is -1.98. The molecule has 0 spiro atoms. The number of carbonyl (C=O) groups is 1. The van der Waals surface area contributed by atoms with Gasteiger partial charge < -0.3 is 5.11 Å². The molecule has 0 aliphatic carbocycles. The highest BCUT2D eigenvalue weighted by molar-refractivity contribution is 6.36. The number of hydrogen-bond acceptors (Lipinski definition) is 2. The van der Waals surface area contributed by atoms with Gasteiger partial charge in [0.1, 0.15) is 5.65 Å². The van der Waals surface area contributed by atoms with Gasteiger partial charge in [-0.2, -0.15) is 0 Å². The summed E-state index contributed by atoms with van der Waals surface area (Å²) in [6, 6.07) is 8.23. The van der Waals surface area contributed by atoms with Crippen molar-refractivity contribution < 1.29 is 9.90 Å². The number of fused-ring (bicyclic) bond motifs is 1. The van der Waals surface area contributed by atoms with E-state index in [9.17, 15) is 4.79 Å². The Bertz CT molecular complexity index is 827. The highest BCUT2D eigenvalue weighted by Crippen LogP contribution is 2.30. The van der Waals surface area contributed by atoms with E-state index in [1.54, 1.807) is 35.0 Å². The van der Waals surface area contributed by atoms with Gasteiger partial charge in [0, 0.05) is 16.8 Å². The van der Waals surface area contributed by atoms with E-state index >= 15 is 0 Å². The molecule has 0 aliphatic rings. The van der Waals surface area contributed by atoms with Crippen molar-refractivity contribution in [2.45, 2.75) is 0 Å². The van der Waals surface area contributed by atoms with E-state index in [4.69, 9.17) is 28.3 Å². The molecule has 0 saturated heterocycles. The third-order valence-electron chi connectivity index (χ3n) is 2.97. The summed E-state index contributed by atoms with van der Waals surface area (Å²) in [4.78, 5) is 15.1. The standard InChI is InChI=1S/C14H8Cl2N2O2/c15-9-1-2-10(11(16)6-9)12-7-17-13-5-8(14(19)20)3-4-18(12)13/h1-7H,(H,19,20). The van der Waals surface area contributed by atoms with Gasteiger partial charge in [-0.1, -0.05) is 23.2 Å². The second-order valence-corrected chi connectivity index (χ2v) is 5.06. The number of rotatable bonds is 2. The summed E-state index contributed by atoms with van der Waals surface area (Å²) in [5, 5.41) is 10.0. The second-order valence-electron chi connectivity index (χ2n) is 4.22. The van der Waals surface area contributed by atoms with E-state index in [1.807, 2.05) is 0 Å². The molecule has 0 aliphatic heterocycles. The van der Waals surface area contributed by atoms with Crippen LogP contribution in [-0.4, -0.2) is 20.5 Å². The fourth-order valence-corrected chi connectivity index (χ4v) is 2.52. The molecule has 3 rings (SSSR count). The maximum absolute atomic E-state index is 10.9. The number of imidazole rings is 1. The third kappa shape index (κ3) is 2.13. The minimum Gasteiger partial charge on any atom is -0.478 e. The van der Waals surface area contributed by atoms with Crippen LogP contribution < -0.4 is 0 Å². The van der Waals surface area contributed by atoms with Crippen LogP contribution in [0.4, 0.5) is 0 Å². The monoisotopic (exact) mass is 306 g/mol. The Morgan fingerprint density at radius 3 is 2.70 bits per heavy atom. The molecule has 20 heavy (non-hydrogen) atoms. The molecule has 0 radical (unpaired) electrons. The molecule has 2 aromatic heterocycles. The average Bonchev–Trinajstić information content (AvgIpc) is 2.81. The van der Waals surface area contributed by atoms with Crippen molar-refractivity contribution in [3.05, 3.63) is 58.3 Å². The van der Waals surface area contributed by atoms with E-state index in [1.165, 1.54) is 12.1 Å². The second kappa shape index (κ2) is 4.81. The zero-order valence-electron chi connectivity index (χ0n) is 10.0. The molecule has 0 amide bonds. The van der Waals surface area contributed by atoms with Gasteiger partial charge in [-0.15, -0.1) is 0 Å². The van der Waals surface area contributed by atoms with Gasteiger partial charge in [-0.25, -0.2) is 9.78 Å². The summed E-state index contributed by atoms with van der Waals surface area (Å²) in [7, 11) is 0. The highest BCUT2D eigenvalue weighted by Gasteiger charge is 2.11. The van der Waals surface area contributed by atoms with Crippen LogP contribution in [0, 0.1) is 0 Å². The smallest absolute Gasteiger partial charge is 0.335 e. The van der Waals surface area contributed by atoms with Crippen LogP contribution in [0.15, 0.2) is 42.7 Å². The predicted molar refractivity (Wildman–Crippen MR) is 77.6 cm³/mol. The number of nitrogens with zero attached hydrogens (tertiary/aromatic N) is 2. The van der Waals surface area contributed by atoms with Crippen LogP contribution in [0.1, 0.15) is 10.4 Å². The lowest BCUT2D eigenvalue weighted by molar-refractivity contribution is 0.0697. The zero-order chi connectivity index (χ0) is 14.3. The molecule has 3 aromatic rings. The molecule has 0 atom stereocenters. The lowest BCUT2D eigenvalue weighted by Gasteiger charge is -2.05. The van der Waals surface area contributed by atoms with Crippen LogP contribution in [0.25, 0.3) is 16.9 Å². The molecule has 1 N–H and O–H groups in total. The molecular weight excluding hydrogens is 299 g/mol. The maximum atomic E-state index is 10.9. The predicted octanol–water partition coefficient (Wildman–Crippen LogP) is 4.01. The Morgan fingerprint density at radius 2 is 2.00 bits per heavy atom. The van der Waals surface area contributed by atoms with E-state index < -0.39 is 5.97 Å². The first-order valence-electron chi connectivity index (χ1n) is 5.72. The van der Waals surface area contributed by atoms with E-state index in [0.717, 1.165) is 11.3 Å². The number of pyridine rings is 1. The minimum atomic E-state index is -0.985. The van der Waals surface area contributed by atoms with Crippen molar-refractivity contribution in [3.63, 3.8) is 0 Å². The maximum Gasteiger partial charge on any atom is 0.335 e. The molecule has 2 heterocycles. The molecule has 1 aromatic carbocycles. The molecular formula is C14H8Cl2N2O2. The van der Waals surface area contributed by atoms with Crippen molar-refractivity contribution in [1.82, 2.24) is 9.38 Å². The quantitative estimate of drug-likeness (QED) is 0.778. The topological polar surface area (TPSA) is 54.6 Å². The summed E-state index contributed by atoms with van der Waals surface area (Å²) in [6.07, 6.45) is 3.31. The Labute approximate surface area is 124 Å². The number of halogens is 2. The molecule has 0 saturated carbocycles. The van der Waals surface area contributed by atoms with Crippen LogP contribution in [0.5, 0.6) is 0 Å². The number of benzene rings is 1. The summed E-state index contributed by atoms with van der Waals surface area (Å²) >= 11 is 12.1. The first kappa shape index (κ1) is 13.0. The van der Waals surface area contributed by atoms with Crippen LogP contribution >= 0.6 is 23.2 Å². The SMILES string of the molecule is O=C(O)c1ccn2c(-c3ccc(Cl)cc3Cl)cnc2c1. The van der Waals surface area contributed by atoms with Crippen LogP contribution in [0.2, 0.25) is 10.0 Å². The molecule has 0 bridgehead atoms. The zero-order valence-corrected chi connectivity index (χ0v) is 11.6. The van der Waals surface area contributed by atoms with Crippen molar-refractivity contribution in [2.24, 2.45) is 0 Å². The van der Waals surface area contributed by atoms with Gasteiger partial charge in [0.05, 0.1) is 22.5 Å². The number of aromatic nitrogens is 2. The molecule has 100 valence electrons. The Kier molecular flexibility index (Phi) is 3.12. The van der Waals surface area contributed by atoms with Gasteiger partial charge in [0.2, 0.25) is 0 Å². The van der Waals surface area contributed by atoms with Gasteiger partial charge in [-0.05, 0) is 30.3 Å². The Morgan fingerprint density at radius 1 is 1.20 bits per heavy atom. The van der Waals surface area contributed by atoms with Gasteiger partial charge in [-0.3, -0.25) is 4.40 Å². The van der Waals surface area contributed by atoms with E-state index in [0.29, 0.717) is 15.7 Å². The molecule has 6 heteroatoms. The number of carboxylic acid groups (broad SMARTS) is 1. The average molecular weight is 307 g/mol. The number of carboxylic acids is 1. The van der Waals surface area contributed by atoms with Crippen LogP contribution in [-0.2, 0) is 0 Å². The third-order valence-corrected chi connectivity index (χ3v) is 3.52. The number of hydrogen-bond donors (Lipinski definition) is 1. The first-order chi connectivity index (χ1) is 9.56. The fourth-order valence-electron chi connectivity index (χ4n) is 2.01. The minimum absolute atomic E-state index is 0.192. The van der Waals surface area contributed by atoms with Crippen molar-refractivity contribution in [2.75, 3.05) is 0 Å². The fraction of sp³-hybridized carbons (Fsp3) is 0. The van der Waals surface area contributed by atoms with Crippen molar-refractivity contribution in [1.29, 1.82) is 0 Å². The van der Waals surface area contributed by atoms with Crippen LogP contribution in [0.3, 0.4) is 0 Å². The highest BCUT2D eigenvalue weighted by atomic mass is 35.5. The largest absolute Gasteiger partial charge is 0.478 e. The number of aromatic carboxylic acids is 1. The van der Waals surface area contributed by atoms with Crippen molar-refractivity contribution in [3.8, 4) is 11.3 Å². The van der Waals surface area contributed by atoms with Gasteiger partial charge >= 0.3 is 5.97 Å². The van der Waals surface area contributed by atoms with Gasteiger partial charge in [0.15, 0.2) is 0 Å². The summed E-state index contributed by atoms with van der Waals surface area (Å²) in [6.45, 7) is 0. The summed E-state index contributed by atoms with van der Waals surface area (Å²) in [5.41, 5.74) is 2.30. The summed E-state index contributed by atoms with van der Waals surface area (Å²) in [5.74, 6) is -0.985. The first-order valence-corrected chi connectivity index (χ1v) is 6.47.